The predicted octanol–water partition coefficient (Wildman–Crippen LogP) is 3.50. The van der Waals surface area contributed by atoms with Crippen molar-refractivity contribution in [3.05, 3.63) is 59.7 Å². The highest BCUT2D eigenvalue weighted by Gasteiger charge is 2.14. The number of aromatic nitrogens is 2. The third-order valence-electron chi connectivity index (χ3n) is 3.55. The van der Waals surface area contributed by atoms with Gasteiger partial charge in [-0.3, -0.25) is 10.1 Å². The van der Waals surface area contributed by atoms with Gasteiger partial charge in [-0.1, -0.05) is 5.10 Å². The van der Waals surface area contributed by atoms with Gasteiger partial charge in [0.05, 0.1) is 12.7 Å². The maximum Gasteiger partial charge on any atom is 0.337 e. The first-order chi connectivity index (χ1) is 12.6. The summed E-state index contributed by atoms with van der Waals surface area (Å²) in [5.74, 6) is -0.575. The van der Waals surface area contributed by atoms with Crippen LogP contribution in [-0.4, -0.2) is 35.4 Å². The zero-order chi connectivity index (χ0) is 18.5. The first kappa shape index (κ1) is 17.7. The van der Waals surface area contributed by atoms with Crippen LogP contribution in [0, 0.1) is 0 Å². The molecule has 0 unspecified atom stereocenters. The van der Waals surface area contributed by atoms with E-state index < -0.39 is 11.9 Å². The lowest BCUT2D eigenvalue weighted by atomic mass is 10.1. The Balaban J connectivity index is 1.70. The topological polar surface area (TPSA) is 94.3 Å². The van der Waals surface area contributed by atoms with Crippen LogP contribution < -0.4 is 5.32 Å². The largest absolute Gasteiger partial charge is 0.465 e. The van der Waals surface area contributed by atoms with Gasteiger partial charge in [-0.05, 0) is 54.8 Å². The van der Waals surface area contributed by atoms with E-state index in [2.05, 4.69) is 20.3 Å². The maximum atomic E-state index is 12.2. The summed E-state index contributed by atoms with van der Waals surface area (Å²) in [5.41, 5.74) is 1.47. The number of carbonyl (C=O) groups excluding carboxylic acids is 2. The summed E-state index contributed by atoms with van der Waals surface area (Å²) in [7, 11) is 1.30. The number of esters is 1. The van der Waals surface area contributed by atoms with E-state index in [4.69, 9.17) is 4.42 Å². The Labute approximate surface area is 153 Å². The second kappa shape index (κ2) is 7.83. The number of amides is 1. The Hall–Kier alpha value is -3.13. The van der Waals surface area contributed by atoms with Crippen LogP contribution in [0.15, 0.2) is 57.8 Å². The van der Waals surface area contributed by atoms with Gasteiger partial charge in [-0.25, -0.2) is 4.79 Å². The minimum Gasteiger partial charge on any atom is -0.465 e. The third kappa shape index (κ3) is 3.92. The lowest BCUT2D eigenvalue weighted by Crippen LogP contribution is -2.12. The van der Waals surface area contributed by atoms with E-state index in [0.29, 0.717) is 17.0 Å². The van der Waals surface area contributed by atoms with Crippen LogP contribution in [0.2, 0.25) is 0 Å². The molecule has 26 heavy (non-hydrogen) atoms. The molecule has 0 aliphatic carbocycles. The van der Waals surface area contributed by atoms with E-state index in [1.807, 2.05) is 30.5 Å². The minimum atomic E-state index is -0.467. The zero-order valence-electron chi connectivity index (χ0n) is 14.1. The van der Waals surface area contributed by atoms with Gasteiger partial charge in [0.15, 0.2) is 0 Å². The Morgan fingerprint density at radius 2 is 1.65 bits per heavy atom. The molecule has 1 heterocycles. The number of carbonyl (C=O) groups is 2. The number of thioether (sulfide) groups is 1. The summed E-state index contributed by atoms with van der Waals surface area (Å²) in [5, 5.41) is 10.3. The zero-order valence-corrected chi connectivity index (χ0v) is 14.9. The van der Waals surface area contributed by atoms with Crippen molar-refractivity contribution in [2.75, 3.05) is 18.7 Å². The Morgan fingerprint density at radius 1 is 1.00 bits per heavy atom. The van der Waals surface area contributed by atoms with Crippen molar-refractivity contribution in [1.82, 2.24) is 10.2 Å². The quantitative estimate of drug-likeness (QED) is 0.543. The van der Waals surface area contributed by atoms with E-state index in [-0.39, 0.29) is 6.01 Å². The number of nitrogens with one attached hydrogen (secondary N) is 1. The molecular weight excluding hydrogens is 354 g/mol. The first-order valence-corrected chi connectivity index (χ1v) is 8.81. The van der Waals surface area contributed by atoms with E-state index in [1.165, 1.54) is 31.4 Å². The third-order valence-corrected chi connectivity index (χ3v) is 4.29. The smallest absolute Gasteiger partial charge is 0.337 e. The number of anilines is 1. The minimum absolute atomic E-state index is 0.00372. The number of methoxy groups -OCH3 is 1. The van der Waals surface area contributed by atoms with Crippen molar-refractivity contribution in [3.8, 4) is 11.5 Å². The second-order valence-electron chi connectivity index (χ2n) is 5.16. The molecule has 0 saturated heterocycles. The molecule has 0 aliphatic heterocycles. The number of rotatable bonds is 5. The van der Waals surface area contributed by atoms with Gasteiger partial charge in [-0.2, -0.15) is 0 Å². The fourth-order valence-electron chi connectivity index (χ4n) is 2.17. The van der Waals surface area contributed by atoms with Crippen LogP contribution in [0.5, 0.6) is 0 Å². The number of hydrogen-bond donors (Lipinski definition) is 1. The summed E-state index contributed by atoms with van der Waals surface area (Å²) in [6, 6.07) is 13.7. The molecule has 0 radical (unpaired) electrons. The van der Waals surface area contributed by atoms with Gasteiger partial charge in [0, 0.05) is 16.0 Å². The molecule has 2 aromatic carbocycles. The monoisotopic (exact) mass is 369 g/mol. The molecule has 0 saturated carbocycles. The average Bonchev–Trinajstić information content (AvgIpc) is 3.16. The number of nitrogens with zero attached hydrogens (tertiary/aromatic N) is 2. The van der Waals surface area contributed by atoms with E-state index in [1.54, 1.807) is 11.8 Å². The van der Waals surface area contributed by atoms with Crippen LogP contribution in [0.4, 0.5) is 6.01 Å². The molecule has 0 atom stereocenters. The second-order valence-corrected chi connectivity index (χ2v) is 6.04. The van der Waals surface area contributed by atoms with E-state index in [9.17, 15) is 9.59 Å². The fourth-order valence-corrected chi connectivity index (χ4v) is 2.58. The van der Waals surface area contributed by atoms with E-state index >= 15 is 0 Å². The number of ether oxygens (including phenoxy) is 1. The van der Waals surface area contributed by atoms with Crippen molar-refractivity contribution >= 4 is 29.7 Å². The van der Waals surface area contributed by atoms with Gasteiger partial charge in [-0.15, -0.1) is 16.9 Å². The van der Waals surface area contributed by atoms with Gasteiger partial charge < -0.3 is 9.15 Å². The Bertz CT molecular complexity index is 920. The summed E-state index contributed by atoms with van der Waals surface area (Å²) in [4.78, 5) is 24.8. The summed E-state index contributed by atoms with van der Waals surface area (Å²) in [6.07, 6.45) is 1.99. The van der Waals surface area contributed by atoms with E-state index in [0.717, 1.165) is 10.5 Å². The molecular formula is C18H15N3O4S. The van der Waals surface area contributed by atoms with Crippen LogP contribution in [0.1, 0.15) is 20.7 Å². The molecule has 0 bridgehead atoms. The van der Waals surface area contributed by atoms with Crippen molar-refractivity contribution in [3.63, 3.8) is 0 Å². The Kier molecular flexibility index (Phi) is 5.33. The molecule has 132 valence electrons. The highest BCUT2D eigenvalue weighted by Crippen LogP contribution is 2.23. The lowest BCUT2D eigenvalue weighted by molar-refractivity contribution is 0.0600. The molecule has 0 spiro atoms. The van der Waals surface area contributed by atoms with Gasteiger partial charge in [0.2, 0.25) is 5.89 Å². The van der Waals surface area contributed by atoms with Gasteiger partial charge in [0.25, 0.3) is 5.91 Å². The molecule has 3 aromatic rings. The number of benzene rings is 2. The molecule has 8 heteroatoms. The standard InChI is InChI=1S/C18H15N3O4S/c1-24-17(23)13-5-3-11(4-6-13)15(22)19-18-21-20-16(25-18)12-7-9-14(26-2)10-8-12/h3-10H,1-2H3,(H,19,21,22). The van der Waals surface area contributed by atoms with Crippen LogP contribution in [0.25, 0.3) is 11.5 Å². The summed E-state index contributed by atoms with van der Waals surface area (Å²) < 4.78 is 10.1. The molecule has 1 aromatic heterocycles. The van der Waals surface area contributed by atoms with Gasteiger partial charge >= 0.3 is 12.0 Å². The summed E-state index contributed by atoms with van der Waals surface area (Å²) >= 11 is 1.64. The maximum absolute atomic E-state index is 12.2. The van der Waals surface area contributed by atoms with Crippen molar-refractivity contribution in [1.29, 1.82) is 0 Å². The highest BCUT2D eigenvalue weighted by atomic mass is 32.2. The molecule has 0 aliphatic rings. The first-order valence-electron chi connectivity index (χ1n) is 7.58. The summed E-state index contributed by atoms with van der Waals surface area (Å²) in [6.45, 7) is 0. The average molecular weight is 369 g/mol. The molecule has 1 N–H and O–H groups in total. The fraction of sp³-hybridized carbons (Fsp3) is 0.111. The number of hydrogen-bond acceptors (Lipinski definition) is 7. The molecule has 3 rings (SSSR count). The van der Waals surface area contributed by atoms with Crippen LogP contribution in [0.3, 0.4) is 0 Å². The predicted molar refractivity (Wildman–Crippen MR) is 97.2 cm³/mol. The van der Waals surface area contributed by atoms with Crippen LogP contribution >= 0.6 is 11.8 Å². The van der Waals surface area contributed by atoms with Crippen molar-refractivity contribution < 1.29 is 18.7 Å². The molecule has 1 amide bonds. The highest BCUT2D eigenvalue weighted by molar-refractivity contribution is 7.98. The van der Waals surface area contributed by atoms with Gasteiger partial charge in [0.1, 0.15) is 0 Å². The molecule has 7 nitrogen and oxygen atoms in total. The SMILES string of the molecule is COC(=O)c1ccc(C(=O)Nc2nnc(-c3ccc(SC)cc3)o2)cc1. The lowest BCUT2D eigenvalue weighted by Gasteiger charge is -2.02. The van der Waals surface area contributed by atoms with Crippen molar-refractivity contribution in [2.24, 2.45) is 0 Å². The Morgan fingerprint density at radius 3 is 2.27 bits per heavy atom. The molecule has 0 fully saturated rings. The normalized spacial score (nSPS) is 10.4. The van der Waals surface area contributed by atoms with Crippen LogP contribution in [-0.2, 0) is 4.74 Å². The van der Waals surface area contributed by atoms with Crippen molar-refractivity contribution in [2.45, 2.75) is 4.90 Å².